The lowest BCUT2D eigenvalue weighted by atomic mass is 10.1. The largest absolute Gasteiger partial charge is 0.355 e. The van der Waals surface area contributed by atoms with Gasteiger partial charge in [-0.05, 0) is 49.9 Å². The zero-order valence-electron chi connectivity index (χ0n) is 16.2. The first-order chi connectivity index (χ1) is 13.5. The molecule has 1 aromatic heterocycles. The van der Waals surface area contributed by atoms with Gasteiger partial charge in [0.15, 0.2) is 5.82 Å². The van der Waals surface area contributed by atoms with Crippen LogP contribution in [0.4, 0.5) is 11.5 Å². The van der Waals surface area contributed by atoms with Crippen molar-refractivity contribution in [3.63, 3.8) is 0 Å². The maximum atomic E-state index is 12.9. The highest BCUT2D eigenvalue weighted by molar-refractivity contribution is 5.93. The van der Waals surface area contributed by atoms with Gasteiger partial charge in [-0.15, -0.1) is 0 Å². The first-order valence-electron chi connectivity index (χ1n) is 9.65. The van der Waals surface area contributed by atoms with Gasteiger partial charge >= 0.3 is 0 Å². The molecule has 3 aromatic rings. The molecule has 0 radical (unpaired) electrons. The lowest BCUT2D eigenvalue weighted by Gasteiger charge is -2.20. The molecular formula is C22H24N4O2. The van der Waals surface area contributed by atoms with Gasteiger partial charge in [-0.3, -0.25) is 9.59 Å². The fraction of sp³-hybridized carbons (Fsp3) is 0.318. The molecule has 28 heavy (non-hydrogen) atoms. The van der Waals surface area contributed by atoms with Gasteiger partial charge in [0.1, 0.15) is 6.54 Å². The number of aromatic nitrogens is 2. The van der Waals surface area contributed by atoms with Crippen LogP contribution in [0, 0.1) is 13.8 Å². The molecule has 144 valence electrons. The Hall–Kier alpha value is -3.15. The number of rotatable bonds is 4. The van der Waals surface area contributed by atoms with E-state index >= 15 is 0 Å². The van der Waals surface area contributed by atoms with Gasteiger partial charge in [0.2, 0.25) is 5.91 Å². The predicted molar refractivity (Wildman–Crippen MR) is 112 cm³/mol. The van der Waals surface area contributed by atoms with Gasteiger partial charge in [-0.25, -0.2) is 4.68 Å². The fourth-order valence-electron chi connectivity index (χ4n) is 3.70. The zero-order chi connectivity index (χ0) is 19.7. The number of nitrogens with one attached hydrogen (secondary N) is 1. The molecule has 1 aliphatic rings. The molecule has 1 N–H and O–H groups in total. The van der Waals surface area contributed by atoms with Crippen LogP contribution in [0.1, 0.15) is 24.0 Å². The number of anilines is 2. The van der Waals surface area contributed by atoms with Crippen LogP contribution >= 0.6 is 0 Å². The van der Waals surface area contributed by atoms with Crippen LogP contribution in [-0.2, 0) is 11.3 Å². The Labute approximate surface area is 163 Å². The standard InChI is InChI=1S/C22H24N4O2/c1-15-8-7-11-19(16(15)2)23-20(27)14-26-22(28)18-10-4-3-9-17(18)21(24-26)25-12-5-6-13-25/h3-4,7-11H,5-6,12-14H2,1-2H3,(H,23,27). The van der Waals surface area contributed by atoms with Crippen LogP contribution < -0.4 is 15.8 Å². The summed E-state index contributed by atoms with van der Waals surface area (Å²) in [5.74, 6) is 0.526. The monoisotopic (exact) mass is 376 g/mol. The molecule has 6 heteroatoms. The van der Waals surface area contributed by atoms with Gasteiger partial charge < -0.3 is 10.2 Å². The summed E-state index contributed by atoms with van der Waals surface area (Å²) < 4.78 is 1.29. The molecule has 0 saturated carbocycles. The van der Waals surface area contributed by atoms with E-state index in [1.165, 1.54) is 4.68 Å². The summed E-state index contributed by atoms with van der Waals surface area (Å²) >= 11 is 0. The number of nitrogens with zero attached hydrogens (tertiary/aromatic N) is 3. The minimum absolute atomic E-state index is 0.113. The third kappa shape index (κ3) is 3.38. The number of carbonyl (C=O) groups excluding carboxylic acids is 1. The van der Waals surface area contributed by atoms with Crippen molar-refractivity contribution in [1.29, 1.82) is 0 Å². The Morgan fingerprint density at radius 1 is 1.04 bits per heavy atom. The normalized spacial score (nSPS) is 13.9. The maximum Gasteiger partial charge on any atom is 0.275 e. The molecule has 0 aliphatic carbocycles. The first-order valence-corrected chi connectivity index (χ1v) is 9.65. The predicted octanol–water partition coefficient (Wildman–Crippen LogP) is 3.25. The summed E-state index contributed by atoms with van der Waals surface area (Å²) in [6, 6.07) is 13.3. The van der Waals surface area contributed by atoms with E-state index in [0.717, 1.165) is 53.9 Å². The van der Waals surface area contributed by atoms with Gasteiger partial charge in [0.25, 0.3) is 5.56 Å². The number of aryl methyl sites for hydroxylation is 1. The second-order valence-electron chi connectivity index (χ2n) is 7.32. The number of hydrogen-bond donors (Lipinski definition) is 1. The molecule has 2 aromatic carbocycles. The molecule has 6 nitrogen and oxygen atoms in total. The summed E-state index contributed by atoms with van der Waals surface area (Å²) in [4.78, 5) is 27.7. The number of hydrogen-bond acceptors (Lipinski definition) is 4. The lowest BCUT2D eigenvalue weighted by Crippen LogP contribution is -2.32. The maximum absolute atomic E-state index is 12.9. The van der Waals surface area contributed by atoms with Crippen molar-refractivity contribution in [2.75, 3.05) is 23.3 Å². The molecule has 1 saturated heterocycles. The average Bonchev–Trinajstić information content (AvgIpc) is 3.22. The summed E-state index contributed by atoms with van der Waals surface area (Å²) in [6.45, 7) is 5.70. The Morgan fingerprint density at radius 3 is 2.50 bits per heavy atom. The highest BCUT2D eigenvalue weighted by Gasteiger charge is 2.20. The molecule has 2 heterocycles. The molecule has 1 aliphatic heterocycles. The first kappa shape index (κ1) is 18.2. The molecule has 1 fully saturated rings. The Balaban J connectivity index is 1.68. The molecule has 0 unspecified atom stereocenters. The molecule has 0 spiro atoms. The SMILES string of the molecule is Cc1cccc(NC(=O)Cn2nc(N3CCCC3)c3ccccc3c2=O)c1C. The highest BCUT2D eigenvalue weighted by Crippen LogP contribution is 2.25. The van der Waals surface area contributed by atoms with Crippen molar-refractivity contribution in [2.45, 2.75) is 33.2 Å². The van der Waals surface area contributed by atoms with Crippen molar-refractivity contribution in [1.82, 2.24) is 9.78 Å². The Kier molecular flexibility index (Phi) is 4.86. The Morgan fingerprint density at radius 2 is 1.75 bits per heavy atom. The van der Waals surface area contributed by atoms with Gasteiger partial charge in [-0.2, -0.15) is 5.10 Å². The summed E-state index contributed by atoms with van der Waals surface area (Å²) in [5, 5.41) is 8.93. The van der Waals surface area contributed by atoms with E-state index in [2.05, 4.69) is 15.3 Å². The second kappa shape index (κ2) is 7.46. The minimum atomic E-state index is -0.258. The van der Waals surface area contributed by atoms with E-state index in [4.69, 9.17) is 0 Å². The second-order valence-corrected chi connectivity index (χ2v) is 7.32. The van der Waals surface area contributed by atoms with Crippen molar-refractivity contribution < 1.29 is 4.79 Å². The molecule has 1 amide bonds. The zero-order valence-corrected chi connectivity index (χ0v) is 16.2. The van der Waals surface area contributed by atoms with Crippen LogP contribution in [0.5, 0.6) is 0 Å². The minimum Gasteiger partial charge on any atom is -0.355 e. The van der Waals surface area contributed by atoms with E-state index in [1.54, 1.807) is 6.07 Å². The summed E-state index contributed by atoms with van der Waals surface area (Å²) in [7, 11) is 0. The molecule has 4 rings (SSSR count). The highest BCUT2D eigenvalue weighted by atomic mass is 16.2. The van der Waals surface area contributed by atoms with Gasteiger partial charge in [-0.1, -0.05) is 30.3 Å². The lowest BCUT2D eigenvalue weighted by molar-refractivity contribution is -0.117. The van der Waals surface area contributed by atoms with Crippen molar-refractivity contribution in [3.05, 3.63) is 63.9 Å². The fourth-order valence-corrected chi connectivity index (χ4v) is 3.70. The van der Waals surface area contributed by atoms with Crippen LogP contribution in [0.2, 0.25) is 0 Å². The van der Waals surface area contributed by atoms with Crippen LogP contribution in [-0.4, -0.2) is 28.8 Å². The van der Waals surface area contributed by atoms with E-state index in [1.807, 2.05) is 50.2 Å². The van der Waals surface area contributed by atoms with Crippen molar-refractivity contribution >= 4 is 28.2 Å². The average molecular weight is 376 g/mol. The van der Waals surface area contributed by atoms with Crippen LogP contribution in [0.3, 0.4) is 0 Å². The molecule has 0 atom stereocenters. The number of fused-ring (bicyclic) bond motifs is 1. The van der Waals surface area contributed by atoms with E-state index in [0.29, 0.717) is 5.39 Å². The van der Waals surface area contributed by atoms with E-state index < -0.39 is 0 Å². The smallest absolute Gasteiger partial charge is 0.275 e. The molecular weight excluding hydrogens is 352 g/mol. The third-order valence-corrected chi connectivity index (χ3v) is 5.43. The van der Waals surface area contributed by atoms with Crippen molar-refractivity contribution in [3.8, 4) is 0 Å². The number of amides is 1. The summed E-state index contributed by atoms with van der Waals surface area (Å²) in [6.07, 6.45) is 2.23. The molecule has 0 bridgehead atoms. The summed E-state index contributed by atoms with van der Waals surface area (Å²) in [5.41, 5.74) is 2.65. The van der Waals surface area contributed by atoms with E-state index in [9.17, 15) is 9.59 Å². The number of benzene rings is 2. The third-order valence-electron chi connectivity index (χ3n) is 5.43. The topological polar surface area (TPSA) is 67.2 Å². The number of carbonyl (C=O) groups is 1. The van der Waals surface area contributed by atoms with Crippen molar-refractivity contribution in [2.24, 2.45) is 0 Å². The Bertz CT molecular complexity index is 1100. The van der Waals surface area contributed by atoms with E-state index in [-0.39, 0.29) is 18.0 Å². The van der Waals surface area contributed by atoms with Crippen LogP contribution in [0.25, 0.3) is 10.8 Å². The van der Waals surface area contributed by atoms with Crippen LogP contribution in [0.15, 0.2) is 47.3 Å². The van der Waals surface area contributed by atoms with Gasteiger partial charge in [0.05, 0.1) is 5.39 Å². The quantitative estimate of drug-likeness (QED) is 0.759. The van der Waals surface area contributed by atoms with Gasteiger partial charge in [0, 0.05) is 24.2 Å².